The molecule has 0 N–H and O–H groups in total. The first kappa shape index (κ1) is 27.6. The van der Waals surface area contributed by atoms with Crippen LogP contribution in [0.2, 0.25) is 0 Å². The standard InChI is InChI=1S/C35H50P2/c1-5-7-9-11-14-24-36-33-23-17-20-29-26-32(31-22-16-19-28-18-12-13-21-30(28)31)34(27(3)4)35(29,33)37(36)25-15-10-8-6-2/h12-13,16-23,27,29,32,34H,5-11,14-15,24-26H2,1-4H3. The van der Waals surface area contributed by atoms with Crippen molar-refractivity contribution in [1.82, 2.24) is 0 Å². The Hall–Kier alpha value is -0.960. The molecule has 0 bridgehead atoms. The van der Waals surface area contributed by atoms with Gasteiger partial charge in [-0.25, -0.2) is 0 Å². The molecule has 3 aliphatic rings. The predicted molar refractivity (Wildman–Crippen MR) is 170 cm³/mol. The Labute approximate surface area is 230 Å². The third-order valence-electron chi connectivity index (χ3n) is 9.66. The fourth-order valence-corrected chi connectivity index (χ4v) is 19.9. The van der Waals surface area contributed by atoms with Crippen LogP contribution in [0, 0.1) is 17.8 Å². The normalized spacial score (nSPS) is 30.3. The maximum Gasteiger partial charge on any atom is 0.0303 e. The average molecular weight is 533 g/mol. The Kier molecular flexibility index (Phi) is 9.31. The minimum absolute atomic E-state index is 0.0924. The molecule has 1 saturated heterocycles. The summed E-state index contributed by atoms with van der Waals surface area (Å²) in [7, 11) is 0.192. The van der Waals surface area contributed by atoms with Gasteiger partial charge in [-0.05, 0) is 76.9 Å². The van der Waals surface area contributed by atoms with E-state index in [-0.39, 0.29) is 15.2 Å². The van der Waals surface area contributed by atoms with Gasteiger partial charge in [0.15, 0.2) is 0 Å². The summed E-state index contributed by atoms with van der Waals surface area (Å²) in [5.41, 5.74) is 1.64. The van der Waals surface area contributed by atoms with Crippen LogP contribution < -0.4 is 0 Å². The lowest BCUT2D eigenvalue weighted by atomic mass is 9.74. The zero-order valence-corrected chi connectivity index (χ0v) is 25.8. The molecule has 0 radical (unpaired) electrons. The van der Waals surface area contributed by atoms with Crippen molar-refractivity contribution in [2.24, 2.45) is 17.8 Å². The Morgan fingerprint density at radius 3 is 2.32 bits per heavy atom. The van der Waals surface area contributed by atoms with Gasteiger partial charge in [-0.15, -0.1) is 0 Å². The second kappa shape index (κ2) is 12.5. The summed E-state index contributed by atoms with van der Waals surface area (Å²) in [6.07, 6.45) is 25.1. The average Bonchev–Trinajstić information content (AvgIpc) is 3.28. The van der Waals surface area contributed by atoms with Crippen molar-refractivity contribution in [3.05, 3.63) is 71.6 Å². The molecule has 2 fully saturated rings. The SMILES string of the molecule is CCCCCCCP1C2=CC=CC3CC(c4cccc5ccccc45)C(C(C)C)C23P1CCCCCC. The smallest absolute Gasteiger partial charge is 0.0303 e. The van der Waals surface area contributed by atoms with Gasteiger partial charge in [0.1, 0.15) is 0 Å². The highest BCUT2D eigenvalue weighted by molar-refractivity contribution is 8.36. The van der Waals surface area contributed by atoms with E-state index in [2.05, 4.69) is 88.4 Å². The van der Waals surface area contributed by atoms with Crippen LogP contribution >= 0.6 is 15.2 Å². The predicted octanol–water partition coefficient (Wildman–Crippen LogP) is 11.9. The molecule has 1 spiro atoms. The Morgan fingerprint density at radius 1 is 0.838 bits per heavy atom. The van der Waals surface area contributed by atoms with E-state index in [1.807, 2.05) is 5.31 Å². The summed E-state index contributed by atoms with van der Waals surface area (Å²) in [5, 5.41) is 5.40. The first-order valence-corrected chi connectivity index (χ1v) is 19.3. The van der Waals surface area contributed by atoms with Crippen molar-refractivity contribution in [2.75, 3.05) is 12.3 Å². The highest BCUT2D eigenvalue weighted by atomic mass is 32.1. The first-order valence-electron chi connectivity index (χ1n) is 15.6. The van der Waals surface area contributed by atoms with Crippen LogP contribution in [-0.2, 0) is 0 Å². The fourth-order valence-electron chi connectivity index (χ4n) is 8.19. The Balaban J connectivity index is 1.49. The highest BCUT2D eigenvalue weighted by Crippen LogP contribution is 2.98. The Bertz CT molecular complexity index is 1090. The molecule has 2 aromatic rings. The molecule has 0 aromatic heterocycles. The van der Waals surface area contributed by atoms with Crippen molar-refractivity contribution in [1.29, 1.82) is 0 Å². The number of fused-ring (bicyclic) bond motifs is 1. The van der Waals surface area contributed by atoms with Gasteiger partial charge in [0.25, 0.3) is 0 Å². The third kappa shape index (κ3) is 5.05. The lowest BCUT2D eigenvalue weighted by Crippen LogP contribution is -2.48. The van der Waals surface area contributed by atoms with Crippen LogP contribution in [0.4, 0.5) is 0 Å². The Morgan fingerprint density at radius 2 is 1.54 bits per heavy atom. The monoisotopic (exact) mass is 532 g/mol. The van der Waals surface area contributed by atoms with E-state index in [0.717, 1.165) is 17.8 Å². The van der Waals surface area contributed by atoms with Gasteiger partial charge in [0.2, 0.25) is 0 Å². The van der Waals surface area contributed by atoms with E-state index in [1.165, 1.54) is 81.1 Å². The molecule has 37 heavy (non-hydrogen) atoms. The van der Waals surface area contributed by atoms with E-state index in [4.69, 9.17) is 0 Å². The largest absolute Gasteiger partial charge is 0.0801 e. The van der Waals surface area contributed by atoms with Gasteiger partial charge in [-0.1, -0.05) is 149 Å². The summed E-state index contributed by atoms with van der Waals surface area (Å²) >= 11 is 0. The molecule has 5 rings (SSSR count). The van der Waals surface area contributed by atoms with Gasteiger partial charge < -0.3 is 0 Å². The quantitative estimate of drug-likeness (QED) is 0.178. The van der Waals surface area contributed by atoms with E-state index in [9.17, 15) is 0 Å². The highest BCUT2D eigenvalue weighted by Gasteiger charge is 2.69. The van der Waals surface area contributed by atoms with Gasteiger partial charge in [-0.2, -0.15) is 0 Å². The molecule has 2 aromatic carbocycles. The van der Waals surface area contributed by atoms with Crippen LogP contribution in [0.5, 0.6) is 0 Å². The molecule has 1 heterocycles. The van der Waals surface area contributed by atoms with Crippen molar-refractivity contribution in [3.8, 4) is 0 Å². The summed E-state index contributed by atoms with van der Waals surface area (Å²) in [4.78, 5) is 0. The number of allylic oxidation sites excluding steroid dienone is 4. The van der Waals surface area contributed by atoms with E-state index < -0.39 is 0 Å². The molecule has 1 saturated carbocycles. The van der Waals surface area contributed by atoms with Crippen LogP contribution in [0.3, 0.4) is 0 Å². The zero-order chi connectivity index (χ0) is 25.8. The fraction of sp³-hybridized carbons (Fsp3) is 0.600. The van der Waals surface area contributed by atoms with Crippen LogP contribution in [0.15, 0.2) is 66.0 Å². The zero-order valence-electron chi connectivity index (χ0n) is 24.0. The molecular formula is C35H50P2. The second-order valence-corrected chi connectivity index (χ2v) is 18.9. The topological polar surface area (TPSA) is 0 Å². The van der Waals surface area contributed by atoms with E-state index in [0.29, 0.717) is 11.1 Å². The van der Waals surface area contributed by atoms with Crippen molar-refractivity contribution < 1.29 is 0 Å². The summed E-state index contributed by atoms with van der Waals surface area (Å²) in [5.74, 6) is 2.96. The van der Waals surface area contributed by atoms with Crippen molar-refractivity contribution in [2.45, 2.75) is 103 Å². The number of hydrogen-bond acceptors (Lipinski definition) is 0. The number of benzene rings is 2. The summed E-state index contributed by atoms with van der Waals surface area (Å²) < 4.78 is 0. The van der Waals surface area contributed by atoms with Gasteiger partial charge in [0.05, 0.1) is 0 Å². The number of unbranched alkanes of at least 4 members (excludes halogenated alkanes) is 7. The van der Waals surface area contributed by atoms with Gasteiger partial charge >= 0.3 is 0 Å². The molecule has 1 aliphatic heterocycles. The van der Waals surface area contributed by atoms with E-state index >= 15 is 0 Å². The van der Waals surface area contributed by atoms with E-state index in [1.54, 1.807) is 11.7 Å². The first-order chi connectivity index (χ1) is 18.1. The van der Waals surface area contributed by atoms with Gasteiger partial charge in [-0.3, -0.25) is 0 Å². The summed E-state index contributed by atoms with van der Waals surface area (Å²) in [6, 6.07) is 16.3. The lowest BCUT2D eigenvalue weighted by Gasteiger charge is -2.64. The molecule has 0 amide bonds. The van der Waals surface area contributed by atoms with Crippen LogP contribution in [0.1, 0.15) is 103 Å². The maximum atomic E-state index is 2.67. The number of hydrogen-bond donors (Lipinski definition) is 0. The second-order valence-electron chi connectivity index (χ2n) is 12.3. The molecule has 2 heteroatoms. The summed E-state index contributed by atoms with van der Waals surface area (Å²) in [6.45, 7) is 9.82. The molecule has 6 unspecified atom stereocenters. The minimum Gasteiger partial charge on any atom is -0.0801 e. The van der Waals surface area contributed by atoms with Gasteiger partial charge in [0, 0.05) is 5.16 Å². The van der Waals surface area contributed by atoms with Crippen LogP contribution in [-0.4, -0.2) is 17.5 Å². The molecule has 6 atom stereocenters. The molecule has 0 nitrogen and oxygen atoms in total. The maximum absolute atomic E-state index is 2.67. The van der Waals surface area contributed by atoms with Crippen molar-refractivity contribution >= 4 is 26.0 Å². The van der Waals surface area contributed by atoms with Crippen molar-refractivity contribution in [3.63, 3.8) is 0 Å². The van der Waals surface area contributed by atoms with Crippen LogP contribution in [0.25, 0.3) is 10.8 Å². The third-order valence-corrected chi connectivity index (χ3v) is 19.3. The molecular weight excluding hydrogens is 482 g/mol. The molecule has 200 valence electrons. The molecule has 2 aliphatic carbocycles. The minimum atomic E-state index is 0.0924. The lowest BCUT2D eigenvalue weighted by molar-refractivity contribution is 0.313. The number of rotatable bonds is 13.